The smallest absolute Gasteiger partial charge is 0.217 e. The van der Waals surface area contributed by atoms with Crippen LogP contribution in [-0.2, 0) is 10.3 Å². The minimum atomic E-state index is -0.841. The molecule has 2 aromatic carbocycles. The number of hydrogen-bond acceptors (Lipinski definition) is 3. The molecule has 4 atom stereocenters. The van der Waals surface area contributed by atoms with Crippen LogP contribution < -0.4 is 0 Å². The lowest BCUT2D eigenvalue weighted by Crippen LogP contribution is -2.45. The fourth-order valence-corrected chi connectivity index (χ4v) is 6.08. The van der Waals surface area contributed by atoms with Gasteiger partial charge in [-0.25, -0.2) is 4.99 Å². The molecule has 1 aliphatic heterocycles. The first-order chi connectivity index (χ1) is 13.4. The lowest BCUT2D eigenvalue weighted by atomic mass is 9.62. The number of fused-ring (bicyclic) bond motifs is 2. The molecule has 0 saturated heterocycles. The second-order valence-corrected chi connectivity index (χ2v) is 9.57. The Labute approximate surface area is 167 Å². The molecule has 3 aliphatic rings. The van der Waals surface area contributed by atoms with Crippen LogP contribution in [0.5, 0.6) is 0 Å². The van der Waals surface area contributed by atoms with Gasteiger partial charge in [0.15, 0.2) is 0 Å². The molecule has 5 rings (SSSR count). The zero-order chi connectivity index (χ0) is 19.6. The first-order valence-electron chi connectivity index (χ1n) is 10.4. The maximum atomic E-state index is 12.1. The molecule has 28 heavy (non-hydrogen) atoms. The van der Waals surface area contributed by atoms with Crippen LogP contribution in [0.25, 0.3) is 0 Å². The Kier molecular flexibility index (Phi) is 3.80. The molecular formula is C25H29NO2. The number of ether oxygens (including phenoxy) is 1. The van der Waals surface area contributed by atoms with Gasteiger partial charge in [0.1, 0.15) is 12.6 Å². The largest absolute Gasteiger partial charge is 0.475 e. The highest BCUT2D eigenvalue weighted by Crippen LogP contribution is 2.72. The van der Waals surface area contributed by atoms with Gasteiger partial charge in [-0.05, 0) is 47.8 Å². The van der Waals surface area contributed by atoms with Crippen LogP contribution in [0.2, 0.25) is 0 Å². The minimum Gasteiger partial charge on any atom is -0.475 e. The molecule has 2 bridgehead atoms. The first-order valence-corrected chi connectivity index (χ1v) is 10.4. The topological polar surface area (TPSA) is 41.8 Å². The van der Waals surface area contributed by atoms with E-state index >= 15 is 0 Å². The predicted molar refractivity (Wildman–Crippen MR) is 111 cm³/mol. The summed E-state index contributed by atoms with van der Waals surface area (Å²) < 4.78 is 6.06. The summed E-state index contributed by atoms with van der Waals surface area (Å²) in [6, 6.07) is 18.5. The minimum absolute atomic E-state index is 0.0194. The number of aliphatic imine (C=N–C) groups is 1. The van der Waals surface area contributed by atoms with Crippen LogP contribution in [-0.4, -0.2) is 17.6 Å². The molecule has 2 aliphatic carbocycles. The number of hydrogen-bond donors (Lipinski definition) is 1. The molecule has 146 valence electrons. The molecule has 0 aromatic heterocycles. The van der Waals surface area contributed by atoms with Crippen molar-refractivity contribution in [2.75, 3.05) is 6.61 Å². The third-order valence-corrected chi connectivity index (χ3v) is 8.33. The standard InChI is InChI=1S/C25H29NO2/c1-23(2)18-13-14-24(23,3)25(27,15-18)20-12-8-7-11-19(20)22-26-21(16-28-22)17-9-5-4-6-10-17/h4-12,18,21,27H,13-16H2,1-3H3/t18?,21-,24?,25?/m0/s1. The summed E-state index contributed by atoms with van der Waals surface area (Å²) in [5.41, 5.74) is 2.25. The van der Waals surface area contributed by atoms with E-state index < -0.39 is 5.60 Å². The van der Waals surface area contributed by atoms with Gasteiger partial charge >= 0.3 is 0 Å². The zero-order valence-electron chi connectivity index (χ0n) is 17.0. The molecule has 0 radical (unpaired) electrons. The van der Waals surface area contributed by atoms with Crippen molar-refractivity contribution in [1.29, 1.82) is 0 Å². The Hall–Kier alpha value is -2.13. The van der Waals surface area contributed by atoms with Gasteiger partial charge in [0.25, 0.3) is 0 Å². The Balaban J connectivity index is 1.57. The maximum Gasteiger partial charge on any atom is 0.217 e. The second-order valence-electron chi connectivity index (χ2n) is 9.57. The van der Waals surface area contributed by atoms with Gasteiger partial charge in [0.05, 0.1) is 5.60 Å². The van der Waals surface area contributed by atoms with Crippen LogP contribution in [0.4, 0.5) is 0 Å². The molecule has 3 heteroatoms. The molecule has 0 amide bonds. The average molecular weight is 376 g/mol. The van der Waals surface area contributed by atoms with Crippen LogP contribution >= 0.6 is 0 Å². The van der Waals surface area contributed by atoms with Gasteiger partial charge in [0.2, 0.25) is 5.90 Å². The van der Waals surface area contributed by atoms with E-state index in [-0.39, 0.29) is 16.9 Å². The second kappa shape index (κ2) is 5.93. The van der Waals surface area contributed by atoms with Crippen molar-refractivity contribution >= 4 is 5.90 Å². The third-order valence-electron chi connectivity index (χ3n) is 8.33. The van der Waals surface area contributed by atoms with Crippen LogP contribution in [0, 0.1) is 16.7 Å². The summed E-state index contributed by atoms with van der Waals surface area (Å²) in [6.45, 7) is 7.50. The van der Waals surface area contributed by atoms with Gasteiger partial charge < -0.3 is 9.84 Å². The van der Waals surface area contributed by atoms with Crippen molar-refractivity contribution in [3.05, 3.63) is 71.3 Å². The monoisotopic (exact) mass is 375 g/mol. The fourth-order valence-electron chi connectivity index (χ4n) is 6.08. The van der Waals surface area contributed by atoms with Crippen LogP contribution in [0.1, 0.15) is 62.8 Å². The highest BCUT2D eigenvalue weighted by molar-refractivity contribution is 5.97. The molecule has 3 nitrogen and oxygen atoms in total. The number of benzene rings is 2. The van der Waals surface area contributed by atoms with E-state index in [1.807, 2.05) is 30.3 Å². The Morgan fingerprint density at radius 1 is 1.00 bits per heavy atom. The van der Waals surface area contributed by atoms with E-state index in [9.17, 15) is 5.11 Å². The Morgan fingerprint density at radius 3 is 2.39 bits per heavy atom. The van der Waals surface area contributed by atoms with Gasteiger partial charge in [-0.1, -0.05) is 69.3 Å². The van der Waals surface area contributed by atoms with E-state index in [4.69, 9.17) is 9.73 Å². The number of aliphatic hydroxyl groups is 1. The predicted octanol–water partition coefficient (Wildman–Crippen LogP) is 5.24. The lowest BCUT2D eigenvalue weighted by molar-refractivity contribution is -0.0959. The summed E-state index contributed by atoms with van der Waals surface area (Å²) in [4.78, 5) is 4.90. The van der Waals surface area contributed by atoms with E-state index in [2.05, 4.69) is 45.0 Å². The quantitative estimate of drug-likeness (QED) is 0.797. The van der Waals surface area contributed by atoms with Crippen LogP contribution in [0.3, 0.4) is 0 Å². The summed E-state index contributed by atoms with van der Waals surface area (Å²) in [5.74, 6) is 1.22. The normalized spacial score (nSPS) is 35.6. The summed E-state index contributed by atoms with van der Waals surface area (Å²) >= 11 is 0. The average Bonchev–Trinajstić information content (AvgIpc) is 3.32. The Morgan fingerprint density at radius 2 is 1.71 bits per heavy atom. The van der Waals surface area contributed by atoms with E-state index in [1.165, 1.54) is 12.0 Å². The first kappa shape index (κ1) is 17.9. The van der Waals surface area contributed by atoms with Gasteiger partial charge in [-0.15, -0.1) is 0 Å². The number of nitrogens with zero attached hydrogens (tertiary/aromatic N) is 1. The molecule has 3 unspecified atom stereocenters. The number of rotatable bonds is 3. The molecule has 2 saturated carbocycles. The van der Waals surface area contributed by atoms with Crippen molar-refractivity contribution in [2.45, 2.75) is 51.7 Å². The highest BCUT2D eigenvalue weighted by atomic mass is 16.5. The SMILES string of the molecule is CC1(C)C2CCC1(C)C(O)(c1ccccc1C1=N[C@H](c3ccccc3)CO1)C2. The summed E-state index contributed by atoms with van der Waals surface area (Å²) in [6.07, 6.45) is 3.10. The summed E-state index contributed by atoms with van der Waals surface area (Å²) in [7, 11) is 0. The van der Waals surface area contributed by atoms with Crippen molar-refractivity contribution in [3.8, 4) is 0 Å². The zero-order valence-corrected chi connectivity index (χ0v) is 17.0. The van der Waals surface area contributed by atoms with E-state index in [1.54, 1.807) is 0 Å². The summed E-state index contributed by atoms with van der Waals surface area (Å²) in [5, 5.41) is 12.1. The van der Waals surface area contributed by atoms with Crippen molar-refractivity contribution in [3.63, 3.8) is 0 Å². The van der Waals surface area contributed by atoms with Crippen molar-refractivity contribution < 1.29 is 9.84 Å². The molecular weight excluding hydrogens is 346 g/mol. The molecule has 1 N–H and O–H groups in total. The maximum absolute atomic E-state index is 12.1. The van der Waals surface area contributed by atoms with Crippen molar-refractivity contribution in [2.24, 2.45) is 21.7 Å². The highest BCUT2D eigenvalue weighted by Gasteiger charge is 2.69. The van der Waals surface area contributed by atoms with E-state index in [0.717, 1.165) is 24.0 Å². The van der Waals surface area contributed by atoms with Gasteiger partial charge in [-0.3, -0.25) is 0 Å². The molecule has 2 fully saturated rings. The third kappa shape index (κ3) is 2.23. The van der Waals surface area contributed by atoms with Crippen molar-refractivity contribution in [1.82, 2.24) is 0 Å². The van der Waals surface area contributed by atoms with Gasteiger partial charge in [0, 0.05) is 11.0 Å². The molecule has 1 heterocycles. The fraction of sp³-hybridized carbons (Fsp3) is 0.480. The van der Waals surface area contributed by atoms with Gasteiger partial charge in [-0.2, -0.15) is 0 Å². The molecule has 0 spiro atoms. The van der Waals surface area contributed by atoms with Crippen LogP contribution in [0.15, 0.2) is 59.6 Å². The Bertz CT molecular complexity index is 935. The lowest BCUT2D eigenvalue weighted by Gasteiger charge is -2.46. The molecule has 2 aromatic rings. The van der Waals surface area contributed by atoms with E-state index in [0.29, 0.717) is 18.4 Å².